The number of aromatic nitrogens is 2. The van der Waals surface area contributed by atoms with Crippen LogP contribution in [-0.2, 0) is 4.79 Å². The number of carbonyl (C=O) groups excluding carboxylic acids is 1. The third kappa shape index (κ3) is 2.56. The minimum atomic E-state index is -0.259. The number of hydrogen-bond acceptors (Lipinski definition) is 4. The molecule has 1 amide bonds. The van der Waals surface area contributed by atoms with E-state index in [1.54, 1.807) is 23.2 Å². The summed E-state index contributed by atoms with van der Waals surface area (Å²) < 4.78 is 1.50. The standard InChI is InChI=1S/C16H20N4O2/c1-18-9-5-3-7-12(16(18)22)19(2)14-11-15(21)20-10-6-4-8-13(20)17-14/h4,6,8,10-12H,3,5,7,9H2,1-2H3. The predicted octanol–water partition coefficient (Wildman–Crippen LogP) is 1.14. The molecular weight excluding hydrogens is 280 g/mol. The van der Waals surface area contributed by atoms with Crippen molar-refractivity contribution >= 4 is 17.4 Å². The van der Waals surface area contributed by atoms with E-state index in [1.165, 1.54) is 10.5 Å². The van der Waals surface area contributed by atoms with E-state index in [-0.39, 0.29) is 17.5 Å². The third-order valence-electron chi connectivity index (χ3n) is 4.27. The van der Waals surface area contributed by atoms with Crippen molar-refractivity contribution in [3.8, 4) is 0 Å². The van der Waals surface area contributed by atoms with Gasteiger partial charge in [0.25, 0.3) is 5.56 Å². The van der Waals surface area contributed by atoms with E-state index >= 15 is 0 Å². The van der Waals surface area contributed by atoms with Gasteiger partial charge in [-0.15, -0.1) is 0 Å². The normalized spacial score (nSPS) is 19.3. The van der Waals surface area contributed by atoms with Crippen LogP contribution in [0.5, 0.6) is 0 Å². The van der Waals surface area contributed by atoms with Gasteiger partial charge in [-0.3, -0.25) is 14.0 Å². The molecule has 0 saturated carbocycles. The van der Waals surface area contributed by atoms with Crippen molar-refractivity contribution in [2.75, 3.05) is 25.5 Å². The van der Waals surface area contributed by atoms with Crippen molar-refractivity contribution in [1.29, 1.82) is 0 Å². The van der Waals surface area contributed by atoms with Crippen LogP contribution < -0.4 is 10.5 Å². The number of carbonyl (C=O) groups is 1. The second-order valence-electron chi connectivity index (χ2n) is 5.76. The van der Waals surface area contributed by atoms with Crippen molar-refractivity contribution in [2.45, 2.75) is 25.3 Å². The van der Waals surface area contributed by atoms with Crippen LogP contribution >= 0.6 is 0 Å². The van der Waals surface area contributed by atoms with Gasteiger partial charge in [0.2, 0.25) is 5.91 Å². The zero-order chi connectivity index (χ0) is 15.7. The minimum absolute atomic E-state index is 0.0926. The maximum Gasteiger partial charge on any atom is 0.259 e. The lowest BCUT2D eigenvalue weighted by molar-refractivity contribution is -0.130. The van der Waals surface area contributed by atoms with Gasteiger partial charge in [0.15, 0.2) is 0 Å². The summed E-state index contributed by atoms with van der Waals surface area (Å²) >= 11 is 0. The van der Waals surface area contributed by atoms with E-state index in [0.29, 0.717) is 11.5 Å². The minimum Gasteiger partial charge on any atom is -0.347 e. The summed E-state index contributed by atoms with van der Waals surface area (Å²) in [5.74, 6) is 0.639. The fourth-order valence-corrected chi connectivity index (χ4v) is 2.92. The van der Waals surface area contributed by atoms with Crippen LogP contribution in [0.15, 0.2) is 35.3 Å². The molecule has 0 aliphatic carbocycles. The highest BCUT2D eigenvalue weighted by atomic mass is 16.2. The number of fused-ring (bicyclic) bond motifs is 1. The third-order valence-corrected chi connectivity index (χ3v) is 4.27. The van der Waals surface area contributed by atoms with Gasteiger partial charge >= 0.3 is 0 Å². The molecule has 1 unspecified atom stereocenters. The molecule has 2 aromatic rings. The van der Waals surface area contributed by atoms with Crippen molar-refractivity contribution < 1.29 is 4.79 Å². The Balaban J connectivity index is 1.99. The van der Waals surface area contributed by atoms with Crippen LogP contribution in [0.4, 0.5) is 5.82 Å². The molecule has 116 valence electrons. The average molecular weight is 300 g/mol. The first-order chi connectivity index (χ1) is 10.6. The number of pyridine rings is 1. The van der Waals surface area contributed by atoms with Gasteiger partial charge in [0.1, 0.15) is 17.5 Å². The maximum absolute atomic E-state index is 12.5. The highest BCUT2D eigenvalue weighted by Crippen LogP contribution is 2.19. The molecule has 0 N–H and O–H groups in total. The lowest BCUT2D eigenvalue weighted by Crippen LogP contribution is -2.45. The zero-order valence-corrected chi connectivity index (χ0v) is 12.9. The Morgan fingerprint density at radius 2 is 2.09 bits per heavy atom. The molecule has 1 fully saturated rings. The SMILES string of the molecule is CN1CCCCC(N(C)c2cc(=O)n3ccccc3n2)C1=O. The number of likely N-dealkylation sites (N-methyl/N-ethyl adjacent to an activating group) is 2. The molecule has 1 aliphatic heterocycles. The molecule has 0 radical (unpaired) electrons. The summed E-state index contributed by atoms with van der Waals surface area (Å²) in [5, 5.41) is 0. The number of likely N-dealkylation sites (tertiary alicyclic amines) is 1. The monoisotopic (exact) mass is 300 g/mol. The molecule has 0 bridgehead atoms. The van der Waals surface area contributed by atoms with Crippen LogP contribution in [-0.4, -0.2) is 46.9 Å². The summed E-state index contributed by atoms with van der Waals surface area (Å²) in [6.45, 7) is 0.789. The number of rotatable bonds is 2. The molecule has 1 atom stereocenters. The van der Waals surface area contributed by atoms with Gasteiger partial charge in [-0.2, -0.15) is 0 Å². The number of amides is 1. The summed E-state index contributed by atoms with van der Waals surface area (Å²) in [6, 6.07) is 6.66. The summed E-state index contributed by atoms with van der Waals surface area (Å²) in [5.41, 5.74) is 0.452. The maximum atomic E-state index is 12.5. The molecule has 3 rings (SSSR count). The van der Waals surface area contributed by atoms with Crippen LogP contribution in [0.3, 0.4) is 0 Å². The van der Waals surface area contributed by atoms with Gasteiger partial charge in [0.05, 0.1) is 0 Å². The van der Waals surface area contributed by atoms with Gasteiger partial charge in [-0.1, -0.05) is 6.07 Å². The van der Waals surface area contributed by atoms with Crippen molar-refractivity contribution in [2.24, 2.45) is 0 Å². The van der Waals surface area contributed by atoms with Gasteiger partial charge in [-0.25, -0.2) is 4.98 Å². The van der Waals surface area contributed by atoms with E-state index in [1.807, 2.05) is 25.1 Å². The van der Waals surface area contributed by atoms with E-state index < -0.39 is 0 Å². The molecule has 1 saturated heterocycles. The quantitative estimate of drug-likeness (QED) is 0.834. The van der Waals surface area contributed by atoms with Gasteiger partial charge in [-0.05, 0) is 31.4 Å². The van der Waals surface area contributed by atoms with Gasteiger partial charge in [0, 0.05) is 32.9 Å². The summed E-state index contributed by atoms with van der Waals surface area (Å²) in [7, 11) is 3.67. The average Bonchev–Trinajstić information content (AvgIpc) is 2.69. The molecular formula is C16H20N4O2. The van der Waals surface area contributed by atoms with Crippen LogP contribution in [0.2, 0.25) is 0 Å². The lowest BCUT2D eigenvalue weighted by Gasteiger charge is -2.29. The Kier molecular flexibility index (Phi) is 3.83. The number of anilines is 1. The van der Waals surface area contributed by atoms with E-state index in [9.17, 15) is 9.59 Å². The Hall–Kier alpha value is -2.37. The van der Waals surface area contributed by atoms with Gasteiger partial charge < -0.3 is 9.80 Å². The highest BCUT2D eigenvalue weighted by molar-refractivity contribution is 5.85. The molecule has 0 aromatic carbocycles. The number of hydrogen-bond donors (Lipinski definition) is 0. The summed E-state index contributed by atoms with van der Waals surface area (Å²) in [6.07, 6.45) is 4.49. The fourth-order valence-electron chi connectivity index (χ4n) is 2.92. The molecule has 6 nitrogen and oxygen atoms in total. The van der Waals surface area contributed by atoms with Crippen molar-refractivity contribution in [3.63, 3.8) is 0 Å². The van der Waals surface area contributed by atoms with Crippen molar-refractivity contribution in [1.82, 2.24) is 14.3 Å². The first kappa shape index (κ1) is 14.6. The van der Waals surface area contributed by atoms with Crippen LogP contribution in [0.1, 0.15) is 19.3 Å². The van der Waals surface area contributed by atoms with E-state index in [2.05, 4.69) is 4.98 Å². The highest BCUT2D eigenvalue weighted by Gasteiger charge is 2.29. The molecule has 3 heterocycles. The Morgan fingerprint density at radius 3 is 2.91 bits per heavy atom. The summed E-state index contributed by atoms with van der Waals surface area (Å²) in [4.78, 5) is 32.8. The predicted molar refractivity (Wildman–Crippen MR) is 85.1 cm³/mol. The molecule has 0 spiro atoms. The number of nitrogens with zero attached hydrogens (tertiary/aromatic N) is 4. The second kappa shape index (κ2) is 5.79. The first-order valence-electron chi connectivity index (χ1n) is 7.54. The molecule has 2 aromatic heterocycles. The molecule has 6 heteroatoms. The van der Waals surface area contributed by atoms with Crippen LogP contribution in [0.25, 0.3) is 5.65 Å². The fraction of sp³-hybridized carbons (Fsp3) is 0.438. The smallest absolute Gasteiger partial charge is 0.259 e. The Bertz CT molecular complexity index is 755. The van der Waals surface area contributed by atoms with E-state index in [4.69, 9.17) is 0 Å². The molecule has 1 aliphatic rings. The Morgan fingerprint density at radius 1 is 1.27 bits per heavy atom. The van der Waals surface area contributed by atoms with Crippen molar-refractivity contribution in [3.05, 3.63) is 40.8 Å². The second-order valence-corrected chi connectivity index (χ2v) is 5.76. The largest absolute Gasteiger partial charge is 0.347 e. The zero-order valence-electron chi connectivity index (χ0n) is 12.9. The topological polar surface area (TPSA) is 57.9 Å². The Labute approximate surface area is 129 Å². The van der Waals surface area contributed by atoms with E-state index in [0.717, 1.165) is 25.8 Å². The lowest BCUT2D eigenvalue weighted by atomic mass is 10.1. The first-order valence-corrected chi connectivity index (χ1v) is 7.54. The van der Waals surface area contributed by atoms with Crippen LogP contribution in [0, 0.1) is 0 Å². The molecule has 22 heavy (non-hydrogen) atoms.